The second kappa shape index (κ2) is 7.61. The molecule has 1 aliphatic carbocycles. The smallest absolute Gasteiger partial charge is 0.135 e. The predicted octanol–water partition coefficient (Wildman–Crippen LogP) is 4.54. The van der Waals surface area contributed by atoms with E-state index < -0.39 is 0 Å². The molecule has 2 heteroatoms. The lowest BCUT2D eigenvalue weighted by Crippen LogP contribution is -2.11. The van der Waals surface area contributed by atoms with Crippen molar-refractivity contribution in [1.82, 2.24) is 0 Å². The summed E-state index contributed by atoms with van der Waals surface area (Å²) in [5, 5.41) is 4.08. The highest BCUT2D eigenvalue weighted by molar-refractivity contribution is 7.07. The van der Waals surface area contributed by atoms with Crippen LogP contribution in [-0.2, 0) is 4.79 Å². The normalized spacial score (nSPS) is 15.9. The molecule has 0 unspecified atom stereocenters. The topological polar surface area (TPSA) is 17.1 Å². The van der Waals surface area contributed by atoms with E-state index in [0.717, 1.165) is 12.3 Å². The molecule has 0 bridgehead atoms. The van der Waals surface area contributed by atoms with Crippen molar-refractivity contribution in [2.24, 2.45) is 11.8 Å². The van der Waals surface area contributed by atoms with E-state index in [-0.39, 0.29) is 5.92 Å². The van der Waals surface area contributed by atoms with E-state index in [0.29, 0.717) is 5.78 Å². The summed E-state index contributed by atoms with van der Waals surface area (Å²) in [4.78, 5) is 11.3. The van der Waals surface area contributed by atoms with Gasteiger partial charge in [-0.2, -0.15) is 11.3 Å². The molecule has 1 aromatic rings. The number of hydrogen-bond acceptors (Lipinski definition) is 2. The van der Waals surface area contributed by atoms with E-state index in [1.54, 1.807) is 11.3 Å². The van der Waals surface area contributed by atoms with Gasteiger partial charge in [0.2, 0.25) is 0 Å². The third-order valence-electron chi connectivity index (χ3n) is 3.03. The van der Waals surface area contributed by atoms with Crippen molar-refractivity contribution in [2.75, 3.05) is 0 Å². The van der Waals surface area contributed by atoms with E-state index in [4.69, 9.17) is 0 Å². The first-order valence-electron chi connectivity index (χ1n) is 6.20. The Morgan fingerprint density at radius 1 is 1.25 bits per heavy atom. The average molecular weight is 238 g/mol. The molecule has 2 rings (SSSR count). The molecular formula is C14H22OS. The van der Waals surface area contributed by atoms with Gasteiger partial charge in [0.05, 0.1) is 0 Å². The van der Waals surface area contributed by atoms with Crippen LogP contribution in [0.1, 0.15) is 46.0 Å². The van der Waals surface area contributed by atoms with Gasteiger partial charge >= 0.3 is 0 Å². The number of carbonyl (C=O) groups is 1. The highest BCUT2D eigenvalue weighted by atomic mass is 32.1. The van der Waals surface area contributed by atoms with Crippen molar-refractivity contribution in [3.8, 4) is 0 Å². The van der Waals surface area contributed by atoms with E-state index in [1.807, 2.05) is 36.7 Å². The predicted molar refractivity (Wildman–Crippen MR) is 70.7 cm³/mol. The third kappa shape index (κ3) is 5.45. The maximum Gasteiger partial charge on any atom is 0.135 e. The Bertz CT molecular complexity index is 254. The van der Waals surface area contributed by atoms with Crippen molar-refractivity contribution >= 4 is 17.1 Å². The largest absolute Gasteiger partial charge is 0.299 e. The monoisotopic (exact) mass is 238 g/mol. The molecule has 1 heterocycles. The Kier molecular flexibility index (Phi) is 6.39. The fraction of sp³-hybridized carbons (Fsp3) is 0.643. The minimum atomic E-state index is 0.246. The summed E-state index contributed by atoms with van der Waals surface area (Å²) in [6.07, 6.45) is 6.11. The van der Waals surface area contributed by atoms with Crippen molar-refractivity contribution in [3.63, 3.8) is 0 Å². The number of thiophene rings is 1. The molecule has 0 saturated heterocycles. The van der Waals surface area contributed by atoms with Crippen LogP contribution in [-0.4, -0.2) is 5.78 Å². The van der Waals surface area contributed by atoms with Crippen molar-refractivity contribution in [3.05, 3.63) is 22.9 Å². The van der Waals surface area contributed by atoms with Gasteiger partial charge in [-0.1, -0.05) is 51.7 Å². The van der Waals surface area contributed by atoms with Crippen molar-refractivity contribution in [1.29, 1.82) is 0 Å². The summed E-state index contributed by atoms with van der Waals surface area (Å²) in [6.45, 7) is 3.99. The molecule has 90 valence electrons. The fourth-order valence-corrected chi connectivity index (χ4v) is 2.42. The molecule has 1 saturated carbocycles. The summed E-state index contributed by atoms with van der Waals surface area (Å²) in [7, 11) is 0. The lowest BCUT2D eigenvalue weighted by atomic mass is 9.95. The maximum atomic E-state index is 11.3. The zero-order chi connectivity index (χ0) is 11.8. The number of hydrogen-bond donors (Lipinski definition) is 0. The van der Waals surface area contributed by atoms with Crippen LogP contribution in [0.3, 0.4) is 0 Å². The van der Waals surface area contributed by atoms with E-state index in [9.17, 15) is 4.79 Å². The second-order valence-electron chi connectivity index (χ2n) is 4.77. The van der Waals surface area contributed by atoms with Gasteiger partial charge in [0.1, 0.15) is 5.78 Å². The average Bonchev–Trinajstić information content (AvgIpc) is 2.92. The number of Topliss-reactive ketones (excluding diaryl/α,β-unsaturated/α-hetero) is 1. The molecule has 1 fully saturated rings. The summed E-state index contributed by atoms with van der Waals surface area (Å²) in [6, 6.07) is 4.04. The lowest BCUT2D eigenvalue weighted by molar-refractivity contribution is -0.122. The van der Waals surface area contributed by atoms with Gasteiger partial charge in [-0.05, 0) is 16.7 Å². The van der Waals surface area contributed by atoms with E-state index >= 15 is 0 Å². The van der Waals surface area contributed by atoms with Gasteiger partial charge in [-0.3, -0.25) is 4.79 Å². The van der Waals surface area contributed by atoms with Crippen LogP contribution < -0.4 is 0 Å². The first kappa shape index (κ1) is 13.4. The van der Waals surface area contributed by atoms with Crippen molar-refractivity contribution < 1.29 is 4.79 Å². The minimum Gasteiger partial charge on any atom is -0.299 e. The van der Waals surface area contributed by atoms with Gasteiger partial charge in [0.25, 0.3) is 0 Å². The third-order valence-corrected chi connectivity index (χ3v) is 3.66. The van der Waals surface area contributed by atoms with Crippen LogP contribution in [0.5, 0.6) is 0 Å². The molecule has 1 aliphatic rings. The Morgan fingerprint density at radius 3 is 2.19 bits per heavy atom. The molecule has 0 aliphatic heterocycles. The molecule has 1 aromatic heterocycles. The molecule has 1 nitrogen and oxygen atoms in total. The van der Waals surface area contributed by atoms with Crippen LogP contribution in [0.4, 0.5) is 0 Å². The molecule has 0 radical (unpaired) electrons. The van der Waals surface area contributed by atoms with Gasteiger partial charge in [-0.15, -0.1) is 0 Å². The fourth-order valence-electron chi connectivity index (χ4n) is 1.96. The Balaban J connectivity index is 0.000000212. The highest BCUT2D eigenvalue weighted by Gasteiger charge is 2.19. The van der Waals surface area contributed by atoms with Crippen LogP contribution in [0.2, 0.25) is 0 Å². The van der Waals surface area contributed by atoms with Crippen molar-refractivity contribution in [2.45, 2.75) is 46.0 Å². The van der Waals surface area contributed by atoms with Crippen LogP contribution in [0.25, 0.3) is 0 Å². The first-order valence-corrected chi connectivity index (χ1v) is 7.14. The van der Waals surface area contributed by atoms with Crippen LogP contribution in [0, 0.1) is 11.8 Å². The summed E-state index contributed by atoms with van der Waals surface area (Å²) in [5.74, 6) is 1.43. The Labute approximate surface area is 103 Å². The maximum absolute atomic E-state index is 11.3. The van der Waals surface area contributed by atoms with Gasteiger partial charge in [0, 0.05) is 12.3 Å². The Morgan fingerprint density at radius 2 is 1.81 bits per heavy atom. The molecule has 0 spiro atoms. The SMILES string of the molecule is CC(C)C(=O)CC1CCCC1.c1ccsc1. The van der Waals surface area contributed by atoms with Crippen LogP contribution >= 0.6 is 11.3 Å². The Hall–Kier alpha value is -0.630. The zero-order valence-electron chi connectivity index (χ0n) is 10.3. The summed E-state index contributed by atoms with van der Waals surface area (Å²) < 4.78 is 0. The van der Waals surface area contributed by atoms with E-state index in [2.05, 4.69) is 0 Å². The molecule has 0 aromatic carbocycles. The van der Waals surface area contributed by atoms with Gasteiger partial charge < -0.3 is 0 Å². The molecule has 0 amide bonds. The van der Waals surface area contributed by atoms with E-state index in [1.165, 1.54) is 25.7 Å². The molecular weight excluding hydrogens is 216 g/mol. The van der Waals surface area contributed by atoms with Crippen LogP contribution in [0.15, 0.2) is 22.9 Å². The van der Waals surface area contributed by atoms with Gasteiger partial charge in [-0.25, -0.2) is 0 Å². The summed E-state index contributed by atoms with van der Waals surface area (Å²) >= 11 is 1.71. The number of ketones is 1. The second-order valence-corrected chi connectivity index (χ2v) is 5.59. The lowest BCUT2D eigenvalue weighted by Gasteiger charge is -2.09. The molecule has 0 atom stereocenters. The standard InChI is InChI=1S/C10H18O.C4H4S/c1-8(2)10(11)7-9-5-3-4-6-9;1-2-4-5-3-1/h8-9H,3-7H2,1-2H3;1-4H. The van der Waals surface area contributed by atoms with Gasteiger partial charge in [0.15, 0.2) is 0 Å². The summed E-state index contributed by atoms with van der Waals surface area (Å²) in [5.41, 5.74) is 0. The number of rotatable bonds is 3. The quantitative estimate of drug-likeness (QED) is 0.755. The minimum absolute atomic E-state index is 0.246. The zero-order valence-corrected chi connectivity index (χ0v) is 11.1. The molecule has 0 N–H and O–H groups in total. The highest BCUT2D eigenvalue weighted by Crippen LogP contribution is 2.28. The first-order chi connectivity index (χ1) is 7.70. The molecule has 16 heavy (non-hydrogen) atoms. The number of carbonyl (C=O) groups excluding carboxylic acids is 1.